The van der Waals surface area contributed by atoms with Crippen molar-refractivity contribution in [3.05, 3.63) is 46.8 Å². The van der Waals surface area contributed by atoms with Crippen LogP contribution in [0.15, 0.2) is 49.3 Å². The number of aryl methyl sites for hydroxylation is 1. The first-order valence-electron chi connectivity index (χ1n) is 7.74. The van der Waals surface area contributed by atoms with Gasteiger partial charge in [0, 0.05) is 17.7 Å². The Morgan fingerprint density at radius 1 is 1.11 bits per heavy atom. The number of aromatic nitrogens is 2. The molecule has 0 bridgehead atoms. The van der Waals surface area contributed by atoms with E-state index < -0.39 is 5.97 Å². The Morgan fingerprint density at radius 3 is 2.37 bits per heavy atom. The molecule has 3 aromatic rings. The maximum absolute atomic E-state index is 11.5. The molecule has 9 heteroatoms. The Bertz CT molecular complexity index is 969. The fraction of sp³-hybridized carbons (Fsp3) is 0.167. The van der Waals surface area contributed by atoms with E-state index in [0.717, 1.165) is 11.8 Å². The number of ether oxygens (including phenoxy) is 2. The van der Waals surface area contributed by atoms with Crippen molar-refractivity contribution in [2.45, 2.75) is 12.1 Å². The Morgan fingerprint density at radius 2 is 1.81 bits per heavy atom. The molecule has 0 aliphatic rings. The van der Waals surface area contributed by atoms with Crippen LogP contribution in [-0.2, 0) is 4.79 Å². The van der Waals surface area contributed by atoms with Crippen LogP contribution in [-0.4, -0.2) is 35.5 Å². The van der Waals surface area contributed by atoms with E-state index in [2.05, 4.69) is 10.2 Å². The Hall–Kier alpha value is -3.20. The number of carboxylic acids is 1. The van der Waals surface area contributed by atoms with Crippen LogP contribution in [0.3, 0.4) is 0 Å². The van der Waals surface area contributed by atoms with Gasteiger partial charge in [-0.25, -0.2) is 4.79 Å². The lowest BCUT2D eigenvalue weighted by atomic mass is 10.2. The summed E-state index contributed by atoms with van der Waals surface area (Å²) in [6.07, 6.45) is 1.40. The van der Waals surface area contributed by atoms with E-state index in [1.165, 1.54) is 20.3 Å². The van der Waals surface area contributed by atoms with Gasteiger partial charge in [0.05, 0.1) is 14.2 Å². The van der Waals surface area contributed by atoms with E-state index in [0.29, 0.717) is 28.6 Å². The van der Waals surface area contributed by atoms with Crippen molar-refractivity contribution < 1.29 is 28.2 Å². The van der Waals surface area contributed by atoms with Crippen molar-refractivity contribution >= 4 is 23.8 Å². The molecule has 0 unspecified atom stereocenters. The minimum Gasteiger partial charge on any atom is -0.497 e. The summed E-state index contributed by atoms with van der Waals surface area (Å²) in [6.45, 7) is 1.78. The largest absolute Gasteiger partial charge is 0.497 e. The van der Waals surface area contributed by atoms with E-state index in [9.17, 15) is 9.90 Å². The number of benzene rings is 1. The van der Waals surface area contributed by atoms with E-state index >= 15 is 0 Å². The summed E-state index contributed by atoms with van der Waals surface area (Å²) in [5, 5.41) is 17.4. The van der Waals surface area contributed by atoms with Gasteiger partial charge in [0.15, 0.2) is 0 Å². The predicted molar refractivity (Wildman–Crippen MR) is 97.8 cm³/mol. The van der Waals surface area contributed by atoms with Crippen LogP contribution >= 0.6 is 11.8 Å². The van der Waals surface area contributed by atoms with E-state index in [4.69, 9.17) is 18.3 Å². The number of furan rings is 1. The van der Waals surface area contributed by atoms with Crippen LogP contribution in [0.25, 0.3) is 17.5 Å². The van der Waals surface area contributed by atoms with E-state index in [1.807, 2.05) is 0 Å². The summed E-state index contributed by atoms with van der Waals surface area (Å²) >= 11 is 0.835. The summed E-state index contributed by atoms with van der Waals surface area (Å²) in [5.41, 5.74) is 0.591. The third-order valence-electron chi connectivity index (χ3n) is 3.45. The number of rotatable bonds is 7. The lowest BCUT2D eigenvalue weighted by Crippen LogP contribution is -1.96. The van der Waals surface area contributed by atoms with Crippen LogP contribution in [0, 0.1) is 6.92 Å². The lowest BCUT2D eigenvalue weighted by Gasteiger charge is -2.05. The quantitative estimate of drug-likeness (QED) is 0.476. The fourth-order valence-electron chi connectivity index (χ4n) is 2.19. The van der Waals surface area contributed by atoms with E-state index in [-0.39, 0.29) is 16.0 Å². The zero-order chi connectivity index (χ0) is 19.4. The van der Waals surface area contributed by atoms with Crippen molar-refractivity contribution in [1.82, 2.24) is 10.2 Å². The van der Waals surface area contributed by atoms with Gasteiger partial charge in [-0.05, 0) is 43.0 Å². The van der Waals surface area contributed by atoms with Crippen LogP contribution in [0.5, 0.6) is 11.5 Å². The predicted octanol–water partition coefficient (Wildman–Crippen LogP) is 3.87. The summed E-state index contributed by atoms with van der Waals surface area (Å²) < 4.78 is 21.4. The van der Waals surface area contributed by atoms with Gasteiger partial charge in [0.2, 0.25) is 5.89 Å². The normalized spacial score (nSPS) is 11.4. The first kappa shape index (κ1) is 18.6. The van der Waals surface area contributed by atoms with Crippen LogP contribution in [0.4, 0.5) is 0 Å². The molecular weight excluding hydrogens is 372 g/mol. The monoisotopic (exact) mass is 388 g/mol. The highest BCUT2D eigenvalue weighted by molar-refractivity contribution is 8.03. The number of aliphatic carboxylic acids is 1. The second-order valence-corrected chi connectivity index (χ2v) is 6.33. The minimum absolute atomic E-state index is 0.0113. The van der Waals surface area contributed by atoms with Crippen molar-refractivity contribution in [1.29, 1.82) is 0 Å². The Kier molecular flexibility index (Phi) is 5.51. The van der Waals surface area contributed by atoms with Crippen molar-refractivity contribution in [3.63, 3.8) is 0 Å². The maximum atomic E-state index is 11.5. The zero-order valence-electron chi connectivity index (χ0n) is 14.8. The van der Waals surface area contributed by atoms with Crippen molar-refractivity contribution in [3.8, 4) is 23.0 Å². The molecule has 0 spiro atoms. The topological polar surface area (TPSA) is 108 Å². The summed E-state index contributed by atoms with van der Waals surface area (Å²) in [4.78, 5) is 11.5. The van der Waals surface area contributed by atoms with Gasteiger partial charge >= 0.3 is 5.97 Å². The molecule has 0 aliphatic heterocycles. The van der Waals surface area contributed by atoms with Crippen LogP contribution < -0.4 is 9.47 Å². The van der Waals surface area contributed by atoms with Crippen molar-refractivity contribution in [2.24, 2.45) is 0 Å². The molecule has 0 saturated carbocycles. The summed E-state index contributed by atoms with van der Waals surface area (Å²) in [7, 11) is 3.07. The molecule has 27 heavy (non-hydrogen) atoms. The number of carboxylic acid groups (broad SMARTS) is 1. The summed E-state index contributed by atoms with van der Waals surface area (Å²) in [5.74, 6) is 1.33. The number of thioether (sulfide) groups is 1. The van der Waals surface area contributed by atoms with Crippen molar-refractivity contribution in [2.75, 3.05) is 14.2 Å². The molecule has 0 amide bonds. The Labute approximate surface area is 158 Å². The zero-order valence-corrected chi connectivity index (χ0v) is 15.6. The second-order valence-electron chi connectivity index (χ2n) is 5.34. The van der Waals surface area contributed by atoms with Gasteiger partial charge in [-0.15, -0.1) is 10.2 Å². The molecule has 0 aliphatic carbocycles. The average Bonchev–Trinajstić information content (AvgIpc) is 3.29. The fourth-order valence-corrected chi connectivity index (χ4v) is 2.84. The average molecular weight is 388 g/mol. The maximum Gasteiger partial charge on any atom is 0.342 e. The minimum atomic E-state index is -1.13. The highest BCUT2D eigenvalue weighted by Crippen LogP contribution is 2.33. The molecule has 0 atom stereocenters. The van der Waals surface area contributed by atoms with E-state index in [1.54, 1.807) is 37.3 Å². The first-order chi connectivity index (χ1) is 13.0. The molecule has 2 aromatic heterocycles. The lowest BCUT2D eigenvalue weighted by molar-refractivity contribution is -0.131. The number of carbonyl (C=O) groups is 1. The number of hydrogen-bond donors (Lipinski definition) is 1. The highest BCUT2D eigenvalue weighted by Gasteiger charge is 2.17. The molecule has 0 radical (unpaired) electrons. The van der Waals surface area contributed by atoms with Gasteiger partial charge in [-0.2, -0.15) is 0 Å². The van der Waals surface area contributed by atoms with Crippen LogP contribution in [0.1, 0.15) is 11.5 Å². The molecule has 2 heterocycles. The molecule has 0 fully saturated rings. The molecule has 140 valence electrons. The molecule has 0 saturated heterocycles. The van der Waals surface area contributed by atoms with Gasteiger partial charge < -0.3 is 23.4 Å². The SMILES string of the molecule is COc1cc(OC)cc(-c2nnc(S/C(=C\c3ccc(C)o3)C(=O)O)o2)c1. The number of hydrogen-bond acceptors (Lipinski definition) is 8. The standard InChI is InChI=1S/C18H16N2O6S/c1-10-4-5-12(25-10)9-15(17(21)22)27-18-20-19-16(26-18)11-6-13(23-2)8-14(7-11)24-3/h4-9H,1-3H3,(H,21,22)/b15-9-. The molecule has 8 nitrogen and oxygen atoms in total. The van der Waals surface area contributed by atoms with Gasteiger partial charge in [-0.3, -0.25) is 0 Å². The third-order valence-corrected chi connectivity index (χ3v) is 4.30. The molecular formula is C18H16N2O6S. The van der Waals surface area contributed by atoms with Crippen LogP contribution in [0.2, 0.25) is 0 Å². The number of methoxy groups -OCH3 is 2. The van der Waals surface area contributed by atoms with Gasteiger partial charge in [0.25, 0.3) is 5.22 Å². The Balaban J connectivity index is 1.86. The first-order valence-corrected chi connectivity index (χ1v) is 8.56. The third kappa shape index (κ3) is 4.50. The van der Waals surface area contributed by atoms with Gasteiger partial charge in [-0.1, -0.05) is 0 Å². The summed E-state index contributed by atoms with van der Waals surface area (Å²) in [6, 6.07) is 8.57. The smallest absolute Gasteiger partial charge is 0.342 e. The van der Waals surface area contributed by atoms with Gasteiger partial charge in [0.1, 0.15) is 27.9 Å². The molecule has 3 rings (SSSR count). The molecule has 1 aromatic carbocycles. The second kappa shape index (κ2) is 8.00. The number of nitrogens with zero attached hydrogens (tertiary/aromatic N) is 2. The highest BCUT2D eigenvalue weighted by atomic mass is 32.2. The molecule has 1 N–H and O–H groups in total.